The highest BCUT2D eigenvalue weighted by atomic mass is 79.9. The van der Waals surface area contributed by atoms with Crippen molar-refractivity contribution in [2.75, 3.05) is 7.05 Å². The number of fused-ring (bicyclic) bond motifs is 1. The minimum Gasteiger partial charge on any atom is -0.455 e. The number of furan rings is 1. The van der Waals surface area contributed by atoms with E-state index in [4.69, 9.17) is 4.42 Å². The van der Waals surface area contributed by atoms with Crippen LogP contribution in [0, 0.1) is 5.82 Å². The van der Waals surface area contributed by atoms with Gasteiger partial charge in [-0.3, -0.25) is 4.79 Å². The topological polar surface area (TPSA) is 42.2 Å². The third-order valence-electron chi connectivity index (χ3n) is 3.21. The zero-order valence-electron chi connectivity index (χ0n) is 11.1. The second kappa shape index (κ2) is 5.33. The number of nitrogens with one attached hydrogen (secondary N) is 1. The van der Waals surface area contributed by atoms with Crippen LogP contribution in [0.25, 0.3) is 22.3 Å². The summed E-state index contributed by atoms with van der Waals surface area (Å²) in [5.41, 5.74) is 1.71. The van der Waals surface area contributed by atoms with Crippen molar-refractivity contribution in [1.82, 2.24) is 5.32 Å². The summed E-state index contributed by atoms with van der Waals surface area (Å²) in [4.78, 5) is 12.2. The van der Waals surface area contributed by atoms with E-state index in [1.807, 2.05) is 12.1 Å². The predicted molar refractivity (Wildman–Crippen MR) is 82.7 cm³/mol. The van der Waals surface area contributed by atoms with Crippen molar-refractivity contribution in [3.05, 3.63) is 58.3 Å². The second-order valence-electron chi connectivity index (χ2n) is 4.53. The molecule has 0 unspecified atom stereocenters. The minimum absolute atomic E-state index is 0.244. The van der Waals surface area contributed by atoms with Crippen molar-refractivity contribution in [2.24, 2.45) is 0 Å². The van der Waals surface area contributed by atoms with Gasteiger partial charge in [0.05, 0.1) is 5.56 Å². The van der Waals surface area contributed by atoms with Gasteiger partial charge in [-0.1, -0.05) is 15.9 Å². The lowest BCUT2D eigenvalue weighted by atomic mass is 10.0. The molecule has 0 saturated carbocycles. The van der Waals surface area contributed by atoms with Crippen LogP contribution in [0.3, 0.4) is 0 Å². The molecule has 3 nitrogen and oxygen atoms in total. The molecular weight excluding hydrogens is 337 g/mol. The van der Waals surface area contributed by atoms with E-state index in [-0.39, 0.29) is 11.7 Å². The molecule has 5 heteroatoms. The lowest BCUT2D eigenvalue weighted by Gasteiger charge is -2.02. The van der Waals surface area contributed by atoms with Crippen molar-refractivity contribution in [3.8, 4) is 11.3 Å². The number of benzene rings is 2. The van der Waals surface area contributed by atoms with Crippen molar-refractivity contribution in [2.45, 2.75) is 0 Å². The molecule has 2 aromatic carbocycles. The Hall–Kier alpha value is -2.14. The maximum atomic E-state index is 13.1. The fraction of sp³-hybridized carbons (Fsp3) is 0.0625. The Balaban J connectivity index is 2.30. The Morgan fingerprint density at radius 3 is 2.57 bits per heavy atom. The lowest BCUT2D eigenvalue weighted by molar-refractivity contribution is 0.0964. The van der Waals surface area contributed by atoms with Gasteiger partial charge >= 0.3 is 0 Å². The van der Waals surface area contributed by atoms with Gasteiger partial charge in [0.2, 0.25) is 0 Å². The standard InChI is InChI=1S/C16H11BrFNO2/c1-19-16(20)14-12-8-10(17)4-7-13(12)21-15(14)9-2-5-11(18)6-3-9/h2-8H,1H3,(H,19,20). The number of hydrogen-bond acceptors (Lipinski definition) is 2. The molecule has 3 aromatic rings. The monoisotopic (exact) mass is 347 g/mol. The normalized spacial score (nSPS) is 10.8. The fourth-order valence-corrected chi connectivity index (χ4v) is 2.59. The van der Waals surface area contributed by atoms with Gasteiger partial charge in [0.1, 0.15) is 17.2 Å². The Morgan fingerprint density at radius 2 is 1.90 bits per heavy atom. The van der Waals surface area contributed by atoms with E-state index < -0.39 is 0 Å². The summed E-state index contributed by atoms with van der Waals surface area (Å²) in [7, 11) is 1.56. The van der Waals surface area contributed by atoms with E-state index in [1.54, 1.807) is 25.2 Å². The highest BCUT2D eigenvalue weighted by Gasteiger charge is 2.21. The first kappa shape index (κ1) is 13.8. The zero-order chi connectivity index (χ0) is 15.0. The Labute approximate surface area is 128 Å². The first-order chi connectivity index (χ1) is 10.1. The smallest absolute Gasteiger partial charge is 0.255 e. The molecule has 3 rings (SSSR count). The molecular formula is C16H11BrFNO2. The van der Waals surface area contributed by atoms with Crippen LogP contribution in [0.1, 0.15) is 10.4 Å². The van der Waals surface area contributed by atoms with Crippen molar-refractivity contribution in [3.63, 3.8) is 0 Å². The Morgan fingerprint density at radius 1 is 1.19 bits per heavy atom. The van der Waals surface area contributed by atoms with E-state index in [1.165, 1.54) is 12.1 Å². The quantitative estimate of drug-likeness (QED) is 0.748. The Bertz CT molecular complexity index is 824. The van der Waals surface area contributed by atoms with Crippen LogP contribution in [0.4, 0.5) is 4.39 Å². The van der Waals surface area contributed by atoms with Crippen LogP contribution >= 0.6 is 15.9 Å². The molecule has 21 heavy (non-hydrogen) atoms. The molecule has 1 aromatic heterocycles. The molecule has 0 bridgehead atoms. The van der Waals surface area contributed by atoms with Gasteiger partial charge in [0.25, 0.3) is 5.91 Å². The van der Waals surface area contributed by atoms with E-state index in [0.717, 1.165) is 4.47 Å². The molecule has 1 heterocycles. The predicted octanol–water partition coefficient (Wildman–Crippen LogP) is 4.36. The summed E-state index contributed by atoms with van der Waals surface area (Å²) >= 11 is 3.39. The zero-order valence-corrected chi connectivity index (χ0v) is 12.7. The van der Waals surface area contributed by atoms with Crippen LogP contribution < -0.4 is 5.32 Å². The summed E-state index contributed by atoms with van der Waals surface area (Å²) in [5, 5.41) is 3.32. The maximum absolute atomic E-state index is 13.1. The van der Waals surface area contributed by atoms with Crippen LogP contribution in [-0.4, -0.2) is 13.0 Å². The molecule has 0 spiro atoms. The van der Waals surface area contributed by atoms with Gasteiger partial charge in [0.15, 0.2) is 0 Å². The number of halogens is 2. The van der Waals surface area contributed by atoms with E-state index >= 15 is 0 Å². The first-order valence-corrected chi connectivity index (χ1v) is 7.09. The van der Waals surface area contributed by atoms with E-state index in [2.05, 4.69) is 21.2 Å². The number of carbonyl (C=O) groups excluding carboxylic acids is 1. The van der Waals surface area contributed by atoms with E-state index in [0.29, 0.717) is 27.9 Å². The average Bonchev–Trinajstić information content (AvgIpc) is 2.85. The average molecular weight is 348 g/mol. The minimum atomic E-state index is -0.334. The highest BCUT2D eigenvalue weighted by molar-refractivity contribution is 9.10. The van der Waals surface area contributed by atoms with Crippen LogP contribution in [0.5, 0.6) is 0 Å². The number of hydrogen-bond donors (Lipinski definition) is 1. The summed E-state index contributed by atoms with van der Waals surface area (Å²) in [6.07, 6.45) is 0. The van der Waals surface area contributed by atoms with Crippen LogP contribution in [0.15, 0.2) is 51.4 Å². The molecule has 0 aliphatic rings. The Kier molecular flexibility index (Phi) is 3.51. The second-order valence-corrected chi connectivity index (χ2v) is 5.45. The van der Waals surface area contributed by atoms with Gasteiger partial charge in [-0.2, -0.15) is 0 Å². The molecule has 0 aliphatic heterocycles. The molecule has 0 saturated heterocycles. The summed E-state index contributed by atoms with van der Waals surface area (Å²) in [6.45, 7) is 0. The third kappa shape index (κ3) is 2.45. The lowest BCUT2D eigenvalue weighted by Crippen LogP contribution is -2.18. The maximum Gasteiger partial charge on any atom is 0.255 e. The van der Waals surface area contributed by atoms with Gasteiger partial charge < -0.3 is 9.73 Å². The summed E-state index contributed by atoms with van der Waals surface area (Å²) < 4.78 is 19.7. The highest BCUT2D eigenvalue weighted by Crippen LogP contribution is 2.35. The van der Waals surface area contributed by atoms with Crippen LogP contribution in [-0.2, 0) is 0 Å². The molecule has 0 aliphatic carbocycles. The molecule has 0 fully saturated rings. The van der Waals surface area contributed by atoms with Crippen molar-refractivity contribution < 1.29 is 13.6 Å². The number of rotatable bonds is 2. The van der Waals surface area contributed by atoms with Gasteiger partial charge in [-0.05, 0) is 42.5 Å². The summed E-state index contributed by atoms with van der Waals surface area (Å²) in [6, 6.07) is 11.3. The number of amides is 1. The third-order valence-corrected chi connectivity index (χ3v) is 3.70. The molecule has 1 amide bonds. The molecule has 1 N–H and O–H groups in total. The fourth-order valence-electron chi connectivity index (χ4n) is 2.22. The van der Waals surface area contributed by atoms with Crippen molar-refractivity contribution in [1.29, 1.82) is 0 Å². The molecule has 0 atom stereocenters. The molecule has 106 valence electrons. The SMILES string of the molecule is CNC(=O)c1c(-c2ccc(F)cc2)oc2ccc(Br)cc12. The largest absolute Gasteiger partial charge is 0.455 e. The van der Waals surface area contributed by atoms with E-state index in [9.17, 15) is 9.18 Å². The van der Waals surface area contributed by atoms with Gasteiger partial charge in [0, 0.05) is 22.5 Å². The molecule has 0 radical (unpaired) electrons. The van der Waals surface area contributed by atoms with Gasteiger partial charge in [-0.25, -0.2) is 4.39 Å². The van der Waals surface area contributed by atoms with Crippen LogP contribution in [0.2, 0.25) is 0 Å². The van der Waals surface area contributed by atoms with Crippen molar-refractivity contribution >= 4 is 32.8 Å². The first-order valence-electron chi connectivity index (χ1n) is 6.30. The summed E-state index contributed by atoms with van der Waals surface area (Å²) in [5.74, 6) is -0.146. The van der Waals surface area contributed by atoms with Gasteiger partial charge in [-0.15, -0.1) is 0 Å². The number of carbonyl (C=O) groups is 1.